The Bertz CT molecular complexity index is 405. The second-order valence-electron chi connectivity index (χ2n) is 4.05. The highest BCUT2D eigenvalue weighted by Gasteiger charge is 2.00. The van der Waals surface area contributed by atoms with Crippen LogP contribution in [0.15, 0.2) is 28.2 Å². The second-order valence-corrected chi connectivity index (χ2v) is 4.90. The van der Waals surface area contributed by atoms with Crippen LogP contribution in [0, 0.1) is 0 Å². The van der Waals surface area contributed by atoms with Crippen molar-refractivity contribution >= 4 is 22.0 Å². The van der Waals surface area contributed by atoms with E-state index in [1.807, 2.05) is 18.2 Å². The summed E-state index contributed by atoms with van der Waals surface area (Å²) in [4.78, 5) is 0. The van der Waals surface area contributed by atoms with Crippen LogP contribution in [0.5, 0.6) is 5.75 Å². The molecule has 0 amide bonds. The van der Waals surface area contributed by atoms with E-state index in [2.05, 4.69) is 34.2 Å². The maximum Gasteiger partial charge on any atom is 0.119 e. The Morgan fingerprint density at radius 1 is 1.39 bits per heavy atom. The summed E-state index contributed by atoms with van der Waals surface area (Å²) >= 11 is 3.54. The number of benzene rings is 1. The van der Waals surface area contributed by atoms with Gasteiger partial charge in [-0.25, -0.2) is 0 Å². The maximum absolute atomic E-state index is 5.22. The highest BCUT2D eigenvalue weighted by atomic mass is 79.9. The van der Waals surface area contributed by atoms with E-state index in [4.69, 9.17) is 9.47 Å². The summed E-state index contributed by atoms with van der Waals surface area (Å²) in [6.07, 6.45) is 2.15. The molecule has 100 valence electrons. The summed E-state index contributed by atoms with van der Waals surface area (Å²) in [5.74, 6) is 0.865. The molecule has 4 heteroatoms. The van der Waals surface area contributed by atoms with E-state index in [1.54, 1.807) is 14.2 Å². The number of hydrogen-bond acceptors (Lipinski definition) is 3. The number of methoxy groups -OCH3 is 2. The zero-order valence-corrected chi connectivity index (χ0v) is 12.7. The summed E-state index contributed by atoms with van der Waals surface area (Å²) in [7, 11) is 3.38. The Kier molecular flexibility index (Phi) is 7.01. The van der Waals surface area contributed by atoms with E-state index >= 15 is 0 Å². The molecule has 1 N–H and O–H groups in total. The zero-order chi connectivity index (χ0) is 13.4. The number of ether oxygens (including phenoxy) is 2. The van der Waals surface area contributed by atoms with Gasteiger partial charge in [-0.1, -0.05) is 27.6 Å². The van der Waals surface area contributed by atoms with Crippen molar-refractivity contribution in [2.24, 2.45) is 0 Å². The molecular weight excluding hydrogens is 294 g/mol. The molecule has 3 nitrogen and oxygen atoms in total. The predicted octanol–water partition coefficient (Wildman–Crippen LogP) is 3.10. The molecule has 0 bridgehead atoms. The number of rotatable bonds is 7. The lowest BCUT2D eigenvalue weighted by Gasteiger charge is -2.07. The van der Waals surface area contributed by atoms with Gasteiger partial charge in [-0.05, 0) is 30.7 Å². The van der Waals surface area contributed by atoms with Crippen LogP contribution >= 0.6 is 15.9 Å². The summed E-state index contributed by atoms with van der Waals surface area (Å²) in [5.41, 5.74) is 2.39. The Morgan fingerprint density at radius 2 is 2.17 bits per heavy atom. The minimum Gasteiger partial charge on any atom is -0.497 e. The molecule has 0 aliphatic rings. The second kappa shape index (κ2) is 8.29. The normalized spacial score (nSPS) is 11.7. The summed E-state index contributed by atoms with van der Waals surface area (Å²) in [5, 5.41) is 3.31. The smallest absolute Gasteiger partial charge is 0.119 e. The first kappa shape index (κ1) is 15.2. The topological polar surface area (TPSA) is 30.5 Å². The molecule has 1 rings (SSSR count). The molecule has 0 aliphatic carbocycles. The number of halogens is 1. The van der Waals surface area contributed by atoms with Gasteiger partial charge in [0.15, 0.2) is 0 Å². The number of nitrogens with one attached hydrogen (secondary N) is 1. The van der Waals surface area contributed by atoms with Gasteiger partial charge in [0.2, 0.25) is 0 Å². The SMILES string of the molecule is COCCNC/C(C)=C/c1cc(OC)ccc1Br. The largest absolute Gasteiger partial charge is 0.497 e. The van der Waals surface area contributed by atoms with Gasteiger partial charge < -0.3 is 14.8 Å². The van der Waals surface area contributed by atoms with Crippen LogP contribution in [-0.2, 0) is 4.74 Å². The van der Waals surface area contributed by atoms with Crippen molar-refractivity contribution in [3.63, 3.8) is 0 Å². The van der Waals surface area contributed by atoms with Gasteiger partial charge in [-0.2, -0.15) is 0 Å². The first-order chi connectivity index (χ1) is 8.67. The van der Waals surface area contributed by atoms with Crippen LogP contribution in [0.1, 0.15) is 12.5 Å². The Labute approximate surface area is 117 Å². The van der Waals surface area contributed by atoms with Gasteiger partial charge >= 0.3 is 0 Å². The highest BCUT2D eigenvalue weighted by molar-refractivity contribution is 9.10. The Morgan fingerprint density at radius 3 is 2.83 bits per heavy atom. The van der Waals surface area contributed by atoms with Crippen molar-refractivity contribution in [2.75, 3.05) is 33.9 Å². The van der Waals surface area contributed by atoms with Gasteiger partial charge in [0.05, 0.1) is 13.7 Å². The minimum absolute atomic E-state index is 0.732. The van der Waals surface area contributed by atoms with Crippen molar-refractivity contribution in [3.8, 4) is 5.75 Å². The Hall–Kier alpha value is -0.840. The van der Waals surface area contributed by atoms with Crippen LogP contribution in [-0.4, -0.2) is 33.9 Å². The molecule has 0 fully saturated rings. The molecule has 1 aromatic carbocycles. The molecule has 1 aromatic rings. The van der Waals surface area contributed by atoms with Crippen molar-refractivity contribution in [1.29, 1.82) is 0 Å². The van der Waals surface area contributed by atoms with E-state index in [1.165, 1.54) is 5.57 Å². The average Bonchev–Trinajstić information content (AvgIpc) is 2.37. The van der Waals surface area contributed by atoms with Crippen molar-refractivity contribution in [2.45, 2.75) is 6.92 Å². The van der Waals surface area contributed by atoms with E-state index in [-0.39, 0.29) is 0 Å². The minimum atomic E-state index is 0.732. The molecule has 18 heavy (non-hydrogen) atoms. The third-order valence-electron chi connectivity index (χ3n) is 2.49. The van der Waals surface area contributed by atoms with Gasteiger partial charge in [-0.15, -0.1) is 0 Å². The van der Waals surface area contributed by atoms with Crippen LogP contribution < -0.4 is 10.1 Å². The lowest BCUT2D eigenvalue weighted by molar-refractivity contribution is 0.200. The first-order valence-electron chi connectivity index (χ1n) is 5.87. The van der Waals surface area contributed by atoms with Gasteiger partial charge in [0.25, 0.3) is 0 Å². The summed E-state index contributed by atoms with van der Waals surface area (Å²) in [6.45, 7) is 4.55. The molecule has 0 aromatic heterocycles. The van der Waals surface area contributed by atoms with Crippen LogP contribution in [0.25, 0.3) is 6.08 Å². The first-order valence-corrected chi connectivity index (χ1v) is 6.67. The fourth-order valence-electron chi connectivity index (χ4n) is 1.54. The highest BCUT2D eigenvalue weighted by Crippen LogP contribution is 2.24. The molecule has 0 unspecified atom stereocenters. The van der Waals surface area contributed by atoms with E-state index in [9.17, 15) is 0 Å². The van der Waals surface area contributed by atoms with Gasteiger partial charge in [0, 0.05) is 24.7 Å². The molecule has 0 saturated carbocycles. The number of hydrogen-bond donors (Lipinski definition) is 1. The monoisotopic (exact) mass is 313 g/mol. The molecule has 0 saturated heterocycles. The standard InChI is InChI=1S/C14H20BrNO2/c1-11(10-16-6-7-17-2)8-12-9-13(18-3)4-5-14(12)15/h4-5,8-9,16H,6-7,10H2,1-3H3/b11-8+. The molecule has 0 aliphatic heterocycles. The summed E-state index contributed by atoms with van der Waals surface area (Å²) < 4.78 is 11.3. The third-order valence-corrected chi connectivity index (χ3v) is 3.21. The van der Waals surface area contributed by atoms with Crippen LogP contribution in [0.2, 0.25) is 0 Å². The summed E-state index contributed by atoms with van der Waals surface area (Å²) in [6, 6.07) is 5.95. The van der Waals surface area contributed by atoms with Gasteiger partial charge in [0.1, 0.15) is 5.75 Å². The van der Waals surface area contributed by atoms with Crippen molar-refractivity contribution < 1.29 is 9.47 Å². The molecule has 0 radical (unpaired) electrons. The van der Waals surface area contributed by atoms with E-state index in [0.29, 0.717) is 0 Å². The molecule has 0 spiro atoms. The predicted molar refractivity (Wildman–Crippen MR) is 79.1 cm³/mol. The third kappa shape index (κ3) is 5.21. The molecule has 0 heterocycles. The molecular formula is C14H20BrNO2. The maximum atomic E-state index is 5.22. The lowest BCUT2D eigenvalue weighted by Crippen LogP contribution is -2.20. The van der Waals surface area contributed by atoms with Crippen molar-refractivity contribution in [1.82, 2.24) is 5.32 Å². The van der Waals surface area contributed by atoms with Crippen molar-refractivity contribution in [3.05, 3.63) is 33.8 Å². The Balaban J connectivity index is 2.63. The quantitative estimate of drug-likeness (QED) is 0.785. The fraction of sp³-hybridized carbons (Fsp3) is 0.429. The fourth-order valence-corrected chi connectivity index (χ4v) is 1.90. The lowest BCUT2D eigenvalue weighted by atomic mass is 10.1. The average molecular weight is 314 g/mol. The zero-order valence-electron chi connectivity index (χ0n) is 11.1. The van der Waals surface area contributed by atoms with Crippen LogP contribution in [0.3, 0.4) is 0 Å². The van der Waals surface area contributed by atoms with E-state index < -0.39 is 0 Å². The van der Waals surface area contributed by atoms with Crippen LogP contribution in [0.4, 0.5) is 0 Å². The van der Waals surface area contributed by atoms with E-state index in [0.717, 1.165) is 35.5 Å². The van der Waals surface area contributed by atoms with Gasteiger partial charge in [-0.3, -0.25) is 0 Å². The molecule has 0 atom stereocenters.